The largest absolute Gasteiger partial charge is 0.368 e. The average Bonchev–Trinajstić information content (AvgIpc) is 3.04. The number of unbranched alkanes of at least 4 members (excludes halogenated alkanes) is 2. The van der Waals surface area contributed by atoms with Crippen LogP contribution in [0.3, 0.4) is 0 Å². The summed E-state index contributed by atoms with van der Waals surface area (Å²) in [5.74, 6) is -0.0709. The van der Waals surface area contributed by atoms with Crippen LogP contribution in [0.15, 0.2) is 24.3 Å². The lowest BCUT2D eigenvalue weighted by molar-refractivity contribution is -0.124. The number of amides is 2. The Kier molecular flexibility index (Phi) is 6.40. The smallest absolute Gasteiger partial charge is 0.253 e. The van der Waals surface area contributed by atoms with Crippen molar-refractivity contribution in [2.75, 3.05) is 17.2 Å². The summed E-state index contributed by atoms with van der Waals surface area (Å²) in [5, 5.41) is 5.69. The van der Waals surface area contributed by atoms with Gasteiger partial charge in [-0.25, -0.2) is 0 Å². The normalized spacial score (nSPS) is 17.2. The Labute approximate surface area is 131 Å². The van der Waals surface area contributed by atoms with Gasteiger partial charge in [-0.1, -0.05) is 19.8 Å². The topological polar surface area (TPSA) is 67.4 Å². The number of ether oxygens (including phenoxy) is 1. The molecule has 0 aliphatic carbocycles. The SMILES string of the molecule is CCCCCC(=O)Nc1ccc(NC(=O)[C@@H]2CCCO2)cc1. The second-order valence-corrected chi connectivity index (χ2v) is 5.57. The van der Waals surface area contributed by atoms with E-state index in [4.69, 9.17) is 4.74 Å². The molecule has 0 spiro atoms. The number of hydrogen-bond donors (Lipinski definition) is 2. The monoisotopic (exact) mass is 304 g/mol. The van der Waals surface area contributed by atoms with Gasteiger partial charge in [-0.2, -0.15) is 0 Å². The minimum atomic E-state index is -0.335. The number of carbonyl (C=O) groups is 2. The van der Waals surface area contributed by atoms with Gasteiger partial charge in [0.25, 0.3) is 5.91 Å². The first-order valence-electron chi connectivity index (χ1n) is 8.01. The van der Waals surface area contributed by atoms with Crippen molar-refractivity contribution in [3.05, 3.63) is 24.3 Å². The molecule has 1 atom stereocenters. The second-order valence-electron chi connectivity index (χ2n) is 5.57. The van der Waals surface area contributed by atoms with Crippen LogP contribution < -0.4 is 10.6 Å². The summed E-state index contributed by atoms with van der Waals surface area (Å²) in [6.45, 7) is 2.77. The lowest BCUT2D eigenvalue weighted by atomic mass is 10.2. The van der Waals surface area contributed by atoms with Crippen LogP contribution in [0.25, 0.3) is 0 Å². The lowest BCUT2D eigenvalue weighted by Gasteiger charge is -2.11. The van der Waals surface area contributed by atoms with Gasteiger partial charge in [-0.15, -0.1) is 0 Å². The fourth-order valence-electron chi connectivity index (χ4n) is 2.40. The molecule has 0 radical (unpaired) electrons. The molecule has 22 heavy (non-hydrogen) atoms. The van der Waals surface area contributed by atoms with E-state index in [-0.39, 0.29) is 17.9 Å². The van der Waals surface area contributed by atoms with E-state index in [1.165, 1.54) is 0 Å². The van der Waals surface area contributed by atoms with Crippen LogP contribution in [0.4, 0.5) is 11.4 Å². The van der Waals surface area contributed by atoms with E-state index in [1.54, 1.807) is 24.3 Å². The fraction of sp³-hybridized carbons (Fsp3) is 0.529. The zero-order chi connectivity index (χ0) is 15.8. The highest BCUT2D eigenvalue weighted by Gasteiger charge is 2.23. The zero-order valence-electron chi connectivity index (χ0n) is 13.1. The summed E-state index contributed by atoms with van der Waals surface area (Å²) < 4.78 is 5.34. The molecule has 1 aromatic carbocycles. The first kappa shape index (κ1) is 16.5. The van der Waals surface area contributed by atoms with Crippen molar-refractivity contribution >= 4 is 23.2 Å². The molecule has 1 saturated heterocycles. The lowest BCUT2D eigenvalue weighted by Crippen LogP contribution is -2.26. The molecular formula is C17H24N2O3. The van der Waals surface area contributed by atoms with Crippen molar-refractivity contribution in [2.45, 2.75) is 51.6 Å². The van der Waals surface area contributed by atoms with Crippen molar-refractivity contribution in [1.82, 2.24) is 0 Å². The van der Waals surface area contributed by atoms with E-state index >= 15 is 0 Å². The summed E-state index contributed by atoms with van der Waals surface area (Å²) in [6.07, 6.45) is 5.01. The van der Waals surface area contributed by atoms with Gasteiger partial charge in [0, 0.05) is 24.4 Å². The number of carbonyl (C=O) groups excluding carboxylic acids is 2. The molecule has 2 rings (SSSR count). The van der Waals surface area contributed by atoms with Crippen LogP contribution in [-0.4, -0.2) is 24.5 Å². The number of rotatable bonds is 7. The van der Waals surface area contributed by atoms with E-state index in [2.05, 4.69) is 17.6 Å². The first-order chi connectivity index (χ1) is 10.7. The highest BCUT2D eigenvalue weighted by molar-refractivity contribution is 5.95. The van der Waals surface area contributed by atoms with Crippen molar-refractivity contribution in [2.24, 2.45) is 0 Å². The van der Waals surface area contributed by atoms with Gasteiger partial charge in [-0.05, 0) is 43.5 Å². The van der Waals surface area contributed by atoms with Gasteiger partial charge >= 0.3 is 0 Å². The fourth-order valence-corrected chi connectivity index (χ4v) is 2.40. The predicted octanol–water partition coefficient (Wildman–Crippen LogP) is 3.32. The Morgan fingerprint density at radius 3 is 2.41 bits per heavy atom. The number of anilines is 2. The maximum atomic E-state index is 11.9. The molecule has 1 fully saturated rings. The van der Waals surface area contributed by atoms with E-state index in [0.29, 0.717) is 18.7 Å². The number of nitrogens with one attached hydrogen (secondary N) is 2. The van der Waals surface area contributed by atoms with Crippen LogP contribution in [0.5, 0.6) is 0 Å². The first-order valence-corrected chi connectivity index (χ1v) is 8.01. The van der Waals surface area contributed by atoms with E-state index in [0.717, 1.165) is 37.8 Å². The molecule has 1 aliphatic rings. The third-order valence-corrected chi connectivity index (χ3v) is 3.67. The minimum absolute atomic E-state index is 0.0320. The standard InChI is InChI=1S/C17H24N2O3/c1-2-3-4-7-16(20)18-13-8-10-14(11-9-13)19-17(21)15-6-5-12-22-15/h8-11,15H,2-7,12H2,1H3,(H,18,20)(H,19,21)/t15-/m0/s1. The Bertz CT molecular complexity index is 493. The molecule has 5 heteroatoms. The zero-order valence-corrected chi connectivity index (χ0v) is 13.1. The van der Waals surface area contributed by atoms with Gasteiger partial charge in [0.15, 0.2) is 0 Å². The highest BCUT2D eigenvalue weighted by Crippen LogP contribution is 2.17. The van der Waals surface area contributed by atoms with Crippen LogP contribution in [0, 0.1) is 0 Å². The molecule has 120 valence electrons. The van der Waals surface area contributed by atoms with Crippen LogP contribution in [-0.2, 0) is 14.3 Å². The van der Waals surface area contributed by atoms with Gasteiger partial charge in [0.05, 0.1) is 0 Å². The maximum absolute atomic E-state index is 11.9. The van der Waals surface area contributed by atoms with Gasteiger partial charge in [0.2, 0.25) is 5.91 Å². The quantitative estimate of drug-likeness (QED) is 0.759. The minimum Gasteiger partial charge on any atom is -0.368 e. The molecular weight excluding hydrogens is 280 g/mol. The Balaban J connectivity index is 1.79. The molecule has 2 N–H and O–H groups in total. The Morgan fingerprint density at radius 2 is 1.82 bits per heavy atom. The molecule has 1 heterocycles. The van der Waals surface area contributed by atoms with E-state index in [1.807, 2.05) is 0 Å². The van der Waals surface area contributed by atoms with Crippen LogP contribution in [0.1, 0.15) is 45.4 Å². The van der Waals surface area contributed by atoms with Gasteiger partial charge in [-0.3, -0.25) is 9.59 Å². The average molecular weight is 304 g/mol. The van der Waals surface area contributed by atoms with E-state index < -0.39 is 0 Å². The summed E-state index contributed by atoms with van der Waals surface area (Å²) in [6, 6.07) is 7.16. The van der Waals surface area contributed by atoms with Gasteiger partial charge < -0.3 is 15.4 Å². The van der Waals surface area contributed by atoms with E-state index in [9.17, 15) is 9.59 Å². The Hall–Kier alpha value is -1.88. The van der Waals surface area contributed by atoms with Gasteiger partial charge in [0.1, 0.15) is 6.10 Å². The predicted molar refractivity (Wildman–Crippen MR) is 86.8 cm³/mol. The third-order valence-electron chi connectivity index (χ3n) is 3.67. The van der Waals surface area contributed by atoms with Crippen molar-refractivity contribution in [3.63, 3.8) is 0 Å². The Morgan fingerprint density at radius 1 is 1.14 bits per heavy atom. The van der Waals surface area contributed by atoms with Crippen LogP contribution in [0.2, 0.25) is 0 Å². The van der Waals surface area contributed by atoms with Crippen molar-refractivity contribution in [1.29, 1.82) is 0 Å². The molecule has 5 nitrogen and oxygen atoms in total. The van der Waals surface area contributed by atoms with Crippen molar-refractivity contribution < 1.29 is 14.3 Å². The molecule has 1 aliphatic heterocycles. The molecule has 1 aromatic rings. The molecule has 0 bridgehead atoms. The maximum Gasteiger partial charge on any atom is 0.253 e. The summed E-state index contributed by atoms with van der Waals surface area (Å²) >= 11 is 0. The molecule has 2 amide bonds. The summed E-state index contributed by atoms with van der Waals surface area (Å²) in [4.78, 5) is 23.6. The second kappa shape index (κ2) is 8.54. The number of hydrogen-bond acceptors (Lipinski definition) is 3. The van der Waals surface area contributed by atoms with Crippen LogP contribution >= 0.6 is 0 Å². The molecule has 0 unspecified atom stereocenters. The number of benzene rings is 1. The summed E-state index contributed by atoms with van der Waals surface area (Å²) in [7, 11) is 0. The molecule has 0 saturated carbocycles. The molecule has 0 aromatic heterocycles. The summed E-state index contributed by atoms with van der Waals surface area (Å²) in [5.41, 5.74) is 1.46. The third kappa shape index (κ3) is 5.15. The highest BCUT2D eigenvalue weighted by atomic mass is 16.5. The van der Waals surface area contributed by atoms with Crippen molar-refractivity contribution in [3.8, 4) is 0 Å².